The fourth-order valence-electron chi connectivity index (χ4n) is 2.17. The summed E-state index contributed by atoms with van der Waals surface area (Å²) in [7, 11) is 0. The van der Waals surface area contributed by atoms with Crippen molar-refractivity contribution in [1.82, 2.24) is 0 Å². The van der Waals surface area contributed by atoms with Crippen molar-refractivity contribution >= 4 is 5.97 Å². The minimum atomic E-state index is -1.10. The van der Waals surface area contributed by atoms with E-state index in [4.69, 9.17) is 0 Å². The first kappa shape index (κ1) is 14.1. The fourth-order valence-corrected chi connectivity index (χ4v) is 2.17. The molecule has 0 aliphatic rings. The van der Waals surface area contributed by atoms with Crippen LogP contribution in [0.25, 0.3) is 0 Å². The van der Waals surface area contributed by atoms with Gasteiger partial charge in [-0.05, 0) is 28.7 Å². The zero-order valence-corrected chi connectivity index (χ0v) is 11.6. The Labute approximate surface area is 118 Å². The Morgan fingerprint density at radius 3 is 2.35 bits per heavy atom. The molecule has 2 N–H and O–H groups in total. The maximum absolute atomic E-state index is 11.2. The van der Waals surface area contributed by atoms with E-state index in [1.165, 1.54) is 0 Å². The van der Waals surface area contributed by atoms with Crippen molar-refractivity contribution in [2.24, 2.45) is 0 Å². The van der Waals surface area contributed by atoms with Crippen LogP contribution in [0.2, 0.25) is 0 Å². The van der Waals surface area contributed by atoms with Gasteiger partial charge in [0.1, 0.15) is 11.3 Å². The van der Waals surface area contributed by atoms with Gasteiger partial charge in [0, 0.05) is 6.42 Å². The molecule has 0 fully saturated rings. The first-order chi connectivity index (χ1) is 9.49. The molecular weight excluding hydrogens is 252 g/mol. The Balaban J connectivity index is 2.48. The molecular formula is C17H18O3. The van der Waals surface area contributed by atoms with Gasteiger partial charge in [0.25, 0.3) is 0 Å². The maximum Gasteiger partial charge on any atom is 0.339 e. The second-order valence-electron chi connectivity index (χ2n) is 5.20. The van der Waals surface area contributed by atoms with Gasteiger partial charge in [-0.15, -0.1) is 0 Å². The lowest BCUT2D eigenvalue weighted by Gasteiger charge is -2.13. The minimum Gasteiger partial charge on any atom is -0.507 e. The van der Waals surface area contributed by atoms with E-state index in [1.807, 2.05) is 50.2 Å². The number of carboxylic acids is 1. The van der Waals surface area contributed by atoms with Gasteiger partial charge in [-0.2, -0.15) is 0 Å². The number of carboxylic acid groups (broad SMARTS) is 1. The van der Waals surface area contributed by atoms with Crippen LogP contribution in [-0.2, 0) is 6.42 Å². The highest BCUT2D eigenvalue weighted by Crippen LogP contribution is 2.30. The van der Waals surface area contributed by atoms with Crippen LogP contribution in [0, 0.1) is 0 Å². The van der Waals surface area contributed by atoms with Gasteiger partial charge in [-0.1, -0.05) is 50.2 Å². The molecule has 0 bridgehead atoms. The summed E-state index contributed by atoms with van der Waals surface area (Å²) in [5.74, 6) is -1.02. The van der Waals surface area contributed by atoms with E-state index in [9.17, 15) is 15.0 Å². The van der Waals surface area contributed by atoms with Crippen LogP contribution in [0.5, 0.6) is 5.75 Å². The van der Waals surface area contributed by atoms with Gasteiger partial charge in [-0.25, -0.2) is 4.79 Å². The van der Waals surface area contributed by atoms with Gasteiger partial charge < -0.3 is 10.2 Å². The normalized spacial score (nSPS) is 10.8. The minimum absolute atomic E-state index is 0.0258. The van der Waals surface area contributed by atoms with Crippen LogP contribution >= 0.6 is 0 Å². The van der Waals surface area contributed by atoms with Crippen LogP contribution in [0.1, 0.15) is 46.8 Å². The fraction of sp³-hybridized carbons (Fsp3) is 0.235. The highest BCUT2D eigenvalue weighted by molar-refractivity contribution is 5.91. The number of aromatic carboxylic acids is 1. The molecule has 0 radical (unpaired) electrons. The molecule has 0 spiro atoms. The Hall–Kier alpha value is -2.29. The number of hydrogen-bond donors (Lipinski definition) is 2. The summed E-state index contributed by atoms with van der Waals surface area (Å²) in [6.07, 6.45) is 0.521. The SMILES string of the molecule is CC(C)c1cc(Cc2ccccc2)c(O)c(C(=O)O)c1. The summed E-state index contributed by atoms with van der Waals surface area (Å²) < 4.78 is 0. The predicted molar refractivity (Wildman–Crippen MR) is 78.4 cm³/mol. The topological polar surface area (TPSA) is 57.5 Å². The van der Waals surface area contributed by atoms with E-state index in [-0.39, 0.29) is 17.2 Å². The summed E-state index contributed by atoms with van der Waals surface area (Å²) in [6, 6.07) is 13.1. The molecule has 3 nitrogen and oxygen atoms in total. The van der Waals surface area contributed by atoms with Crippen molar-refractivity contribution in [1.29, 1.82) is 0 Å². The number of carbonyl (C=O) groups is 1. The number of aromatic hydroxyl groups is 1. The molecule has 104 valence electrons. The molecule has 2 aromatic carbocycles. The molecule has 0 aliphatic carbocycles. The van der Waals surface area contributed by atoms with Crippen molar-refractivity contribution in [3.05, 3.63) is 64.7 Å². The van der Waals surface area contributed by atoms with Crippen molar-refractivity contribution < 1.29 is 15.0 Å². The number of rotatable bonds is 4. The molecule has 2 aromatic rings. The van der Waals surface area contributed by atoms with Crippen molar-refractivity contribution in [3.8, 4) is 5.75 Å². The van der Waals surface area contributed by atoms with Gasteiger partial charge in [0.05, 0.1) is 0 Å². The van der Waals surface area contributed by atoms with Gasteiger partial charge in [0.2, 0.25) is 0 Å². The first-order valence-electron chi connectivity index (χ1n) is 6.62. The summed E-state index contributed by atoms with van der Waals surface area (Å²) in [4.78, 5) is 11.2. The van der Waals surface area contributed by atoms with Crippen LogP contribution < -0.4 is 0 Å². The largest absolute Gasteiger partial charge is 0.507 e. The number of benzene rings is 2. The zero-order chi connectivity index (χ0) is 14.7. The second-order valence-corrected chi connectivity index (χ2v) is 5.20. The molecule has 0 saturated heterocycles. The quantitative estimate of drug-likeness (QED) is 0.888. The van der Waals surface area contributed by atoms with Gasteiger partial charge in [0.15, 0.2) is 0 Å². The van der Waals surface area contributed by atoms with Gasteiger partial charge >= 0.3 is 5.97 Å². The maximum atomic E-state index is 11.2. The number of phenols is 1. The third-order valence-electron chi connectivity index (χ3n) is 3.35. The van der Waals surface area contributed by atoms with E-state index in [2.05, 4.69) is 0 Å². The number of hydrogen-bond acceptors (Lipinski definition) is 2. The Morgan fingerprint density at radius 1 is 1.15 bits per heavy atom. The van der Waals surface area contributed by atoms with E-state index in [1.54, 1.807) is 6.07 Å². The van der Waals surface area contributed by atoms with Crippen LogP contribution in [0.15, 0.2) is 42.5 Å². The van der Waals surface area contributed by atoms with Crippen LogP contribution in [0.4, 0.5) is 0 Å². The Morgan fingerprint density at radius 2 is 1.80 bits per heavy atom. The molecule has 0 aromatic heterocycles. The van der Waals surface area contributed by atoms with E-state index < -0.39 is 5.97 Å². The van der Waals surface area contributed by atoms with Crippen LogP contribution in [-0.4, -0.2) is 16.2 Å². The Bertz CT molecular complexity index is 616. The molecule has 0 heterocycles. The summed E-state index contributed by atoms with van der Waals surface area (Å²) >= 11 is 0. The van der Waals surface area contributed by atoms with Crippen molar-refractivity contribution in [2.45, 2.75) is 26.2 Å². The summed E-state index contributed by atoms with van der Waals surface area (Å²) in [5, 5.41) is 19.3. The standard InChI is InChI=1S/C17H18O3/c1-11(2)13-9-14(8-12-6-4-3-5-7-12)16(18)15(10-13)17(19)20/h3-7,9-11,18H,8H2,1-2H3,(H,19,20). The molecule has 0 saturated carbocycles. The highest BCUT2D eigenvalue weighted by atomic mass is 16.4. The lowest BCUT2D eigenvalue weighted by atomic mass is 9.93. The average molecular weight is 270 g/mol. The highest BCUT2D eigenvalue weighted by Gasteiger charge is 2.16. The van der Waals surface area contributed by atoms with Gasteiger partial charge in [-0.3, -0.25) is 0 Å². The summed E-state index contributed by atoms with van der Waals surface area (Å²) in [5.41, 5.74) is 2.59. The summed E-state index contributed by atoms with van der Waals surface area (Å²) in [6.45, 7) is 4.01. The zero-order valence-electron chi connectivity index (χ0n) is 11.6. The van der Waals surface area contributed by atoms with E-state index in [0.717, 1.165) is 11.1 Å². The third kappa shape index (κ3) is 2.99. The van der Waals surface area contributed by atoms with E-state index in [0.29, 0.717) is 12.0 Å². The molecule has 20 heavy (non-hydrogen) atoms. The van der Waals surface area contributed by atoms with Crippen LogP contribution in [0.3, 0.4) is 0 Å². The molecule has 2 rings (SSSR count). The Kier molecular flexibility index (Phi) is 4.08. The van der Waals surface area contributed by atoms with E-state index >= 15 is 0 Å². The lowest BCUT2D eigenvalue weighted by Crippen LogP contribution is -2.03. The molecule has 0 atom stereocenters. The van der Waals surface area contributed by atoms with Crippen molar-refractivity contribution in [2.75, 3.05) is 0 Å². The molecule has 0 amide bonds. The third-order valence-corrected chi connectivity index (χ3v) is 3.35. The smallest absolute Gasteiger partial charge is 0.339 e. The van der Waals surface area contributed by atoms with Crippen molar-refractivity contribution in [3.63, 3.8) is 0 Å². The molecule has 3 heteroatoms. The monoisotopic (exact) mass is 270 g/mol. The molecule has 0 unspecified atom stereocenters. The average Bonchev–Trinajstić information content (AvgIpc) is 2.41. The molecule has 0 aliphatic heterocycles. The first-order valence-corrected chi connectivity index (χ1v) is 6.62. The predicted octanol–water partition coefficient (Wildman–Crippen LogP) is 3.80. The second kappa shape index (κ2) is 5.78. The lowest BCUT2D eigenvalue weighted by molar-refractivity contribution is 0.0693.